The summed E-state index contributed by atoms with van der Waals surface area (Å²) >= 11 is 0. The number of hydrogen-bond acceptors (Lipinski definition) is 4. The predicted molar refractivity (Wildman–Crippen MR) is 118 cm³/mol. The van der Waals surface area contributed by atoms with E-state index >= 15 is 0 Å². The zero-order valence-corrected chi connectivity index (χ0v) is 17.6. The molecule has 32 heavy (non-hydrogen) atoms. The second-order valence-electron chi connectivity index (χ2n) is 7.68. The third-order valence-corrected chi connectivity index (χ3v) is 5.52. The van der Waals surface area contributed by atoms with Gasteiger partial charge in [-0.3, -0.25) is 14.4 Å². The van der Waals surface area contributed by atoms with Crippen molar-refractivity contribution in [2.75, 3.05) is 12.4 Å². The first-order chi connectivity index (χ1) is 15.3. The minimum Gasteiger partial charge on any atom is -0.322 e. The van der Waals surface area contributed by atoms with Gasteiger partial charge in [-0.25, -0.2) is 9.49 Å². The number of anilines is 1. The highest BCUT2D eigenvalue weighted by Crippen LogP contribution is 2.34. The summed E-state index contributed by atoms with van der Waals surface area (Å²) in [5, 5.41) is 8.99. The number of aromatic nitrogens is 2. The maximum absolute atomic E-state index is 13.8. The summed E-state index contributed by atoms with van der Waals surface area (Å²) in [6.45, 7) is 1.84. The molecule has 0 aliphatic carbocycles. The van der Waals surface area contributed by atoms with Crippen LogP contribution >= 0.6 is 0 Å². The van der Waals surface area contributed by atoms with Crippen molar-refractivity contribution in [3.05, 3.63) is 93.8 Å². The Labute approximate surface area is 183 Å². The number of aromatic amines is 1. The molecule has 4 rings (SSSR count). The fraction of sp³-hybridized carbons (Fsp3) is 0.167. The SMILES string of the molecule is Cc1ccc(-c2ccn[nH]c2=O)cc1NC(=O)C1=CN(C)C(=O)C[C@H]1c1cccc(F)c1. The molecule has 0 bridgehead atoms. The summed E-state index contributed by atoms with van der Waals surface area (Å²) in [5.41, 5.74) is 2.95. The topological polar surface area (TPSA) is 95.2 Å². The first kappa shape index (κ1) is 21.2. The van der Waals surface area contributed by atoms with Gasteiger partial charge in [-0.1, -0.05) is 24.3 Å². The van der Waals surface area contributed by atoms with E-state index in [1.807, 2.05) is 6.92 Å². The molecule has 0 saturated heterocycles. The van der Waals surface area contributed by atoms with E-state index in [-0.39, 0.29) is 17.9 Å². The molecule has 0 spiro atoms. The molecule has 2 N–H and O–H groups in total. The Bertz CT molecular complexity index is 1300. The van der Waals surface area contributed by atoms with Crippen molar-refractivity contribution in [3.63, 3.8) is 0 Å². The molecule has 7 nitrogen and oxygen atoms in total. The maximum atomic E-state index is 13.8. The Balaban J connectivity index is 1.68. The minimum absolute atomic E-state index is 0.0601. The third kappa shape index (κ3) is 4.20. The van der Waals surface area contributed by atoms with Crippen molar-refractivity contribution in [3.8, 4) is 11.1 Å². The summed E-state index contributed by atoms with van der Waals surface area (Å²) in [5.74, 6) is -1.56. The maximum Gasteiger partial charge on any atom is 0.272 e. The molecule has 0 unspecified atom stereocenters. The lowest BCUT2D eigenvalue weighted by Crippen LogP contribution is -2.33. The Morgan fingerprint density at radius 3 is 2.75 bits per heavy atom. The van der Waals surface area contributed by atoms with Crippen LogP contribution in [0.2, 0.25) is 0 Å². The quantitative estimate of drug-likeness (QED) is 0.661. The summed E-state index contributed by atoms with van der Waals surface area (Å²) in [7, 11) is 1.58. The summed E-state index contributed by atoms with van der Waals surface area (Å²) < 4.78 is 13.8. The average Bonchev–Trinajstić information content (AvgIpc) is 2.77. The van der Waals surface area contributed by atoms with E-state index in [1.54, 1.807) is 43.4 Å². The zero-order valence-electron chi connectivity index (χ0n) is 17.6. The predicted octanol–water partition coefficient (Wildman–Crippen LogP) is 3.35. The van der Waals surface area contributed by atoms with Gasteiger partial charge in [0.1, 0.15) is 5.82 Å². The van der Waals surface area contributed by atoms with Crippen LogP contribution in [-0.4, -0.2) is 34.0 Å². The number of H-pyrrole nitrogens is 1. The Morgan fingerprint density at radius 2 is 2.00 bits per heavy atom. The van der Waals surface area contributed by atoms with Crippen molar-refractivity contribution in [2.24, 2.45) is 0 Å². The number of halogens is 1. The number of nitrogens with one attached hydrogen (secondary N) is 2. The first-order valence-corrected chi connectivity index (χ1v) is 10.0. The van der Waals surface area contributed by atoms with Gasteiger partial charge in [0.15, 0.2) is 0 Å². The van der Waals surface area contributed by atoms with Gasteiger partial charge >= 0.3 is 0 Å². The number of benzene rings is 2. The van der Waals surface area contributed by atoms with Gasteiger partial charge in [0, 0.05) is 43.0 Å². The van der Waals surface area contributed by atoms with E-state index in [0.717, 1.165) is 5.56 Å². The highest BCUT2D eigenvalue weighted by Gasteiger charge is 2.31. The standard InChI is InChI=1S/C24H21FN4O3/c1-14-6-7-16(18-8-9-26-28-24(18)32)11-21(14)27-23(31)20-13-29(2)22(30)12-19(20)15-4-3-5-17(25)10-15/h3-11,13,19H,12H2,1-2H3,(H,27,31)(H,28,32)/t19-/m0/s1. The molecule has 2 amide bonds. The molecule has 3 aromatic rings. The third-order valence-electron chi connectivity index (χ3n) is 5.52. The van der Waals surface area contributed by atoms with E-state index in [9.17, 15) is 18.8 Å². The Morgan fingerprint density at radius 1 is 1.19 bits per heavy atom. The lowest BCUT2D eigenvalue weighted by atomic mass is 9.85. The minimum atomic E-state index is -0.569. The molecular formula is C24H21FN4O3. The van der Waals surface area contributed by atoms with Gasteiger partial charge < -0.3 is 10.2 Å². The molecule has 1 aliphatic heterocycles. The number of nitrogens with zero attached hydrogens (tertiary/aromatic N) is 2. The van der Waals surface area contributed by atoms with Crippen molar-refractivity contribution in [2.45, 2.75) is 19.3 Å². The average molecular weight is 432 g/mol. The lowest BCUT2D eigenvalue weighted by Gasteiger charge is -2.28. The van der Waals surface area contributed by atoms with Gasteiger partial charge in [-0.15, -0.1) is 0 Å². The molecular weight excluding hydrogens is 411 g/mol. The first-order valence-electron chi connectivity index (χ1n) is 10.0. The van der Waals surface area contributed by atoms with Crippen LogP contribution in [0.15, 0.2) is 71.3 Å². The van der Waals surface area contributed by atoms with Crippen LogP contribution in [0.4, 0.5) is 10.1 Å². The summed E-state index contributed by atoms with van der Waals surface area (Å²) in [4.78, 5) is 39.0. The fourth-order valence-corrected chi connectivity index (χ4v) is 3.73. The van der Waals surface area contributed by atoms with Crippen molar-refractivity contribution >= 4 is 17.5 Å². The van der Waals surface area contributed by atoms with E-state index in [1.165, 1.54) is 29.4 Å². The highest BCUT2D eigenvalue weighted by molar-refractivity contribution is 6.07. The molecule has 2 heterocycles. The van der Waals surface area contributed by atoms with Crippen molar-refractivity contribution in [1.82, 2.24) is 15.1 Å². The van der Waals surface area contributed by atoms with Crippen LogP contribution in [0.1, 0.15) is 23.5 Å². The summed E-state index contributed by atoms with van der Waals surface area (Å²) in [6, 6.07) is 12.8. The van der Waals surface area contributed by atoms with Gasteiger partial charge in [-0.05, 0) is 47.9 Å². The molecule has 0 radical (unpaired) electrons. The van der Waals surface area contributed by atoms with Crippen LogP contribution in [0.5, 0.6) is 0 Å². The van der Waals surface area contributed by atoms with Crippen molar-refractivity contribution in [1.29, 1.82) is 0 Å². The second kappa shape index (κ2) is 8.58. The number of amides is 2. The van der Waals surface area contributed by atoms with E-state index in [0.29, 0.717) is 28.0 Å². The highest BCUT2D eigenvalue weighted by atomic mass is 19.1. The number of rotatable bonds is 4. The zero-order chi connectivity index (χ0) is 22.8. The molecule has 0 fully saturated rings. The molecule has 8 heteroatoms. The number of carbonyl (C=O) groups is 2. The number of carbonyl (C=O) groups excluding carboxylic acids is 2. The van der Waals surface area contributed by atoms with Gasteiger partial charge in [-0.2, -0.15) is 5.10 Å². The van der Waals surface area contributed by atoms with E-state index < -0.39 is 17.6 Å². The van der Waals surface area contributed by atoms with Crippen LogP contribution in [0.25, 0.3) is 11.1 Å². The molecule has 162 valence electrons. The van der Waals surface area contributed by atoms with E-state index in [2.05, 4.69) is 15.5 Å². The van der Waals surface area contributed by atoms with E-state index in [4.69, 9.17) is 0 Å². The van der Waals surface area contributed by atoms with Crippen LogP contribution < -0.4 is 10.9 Å². The molecule has 1 atom stereocenters. The van der Waals surface area contributed by atoms with Gasteiger partial charge in [0.05, 0.1) is 5.56 Å². The fourth-order valence-electron chi connectivity index (χ4n) is 3.73. The normalized spacial score (nSPS) is 16.0. The Hall–Kier alpha value is -4.07. The Kier molecular flexibility index (Phi) is 5.68. The lowest BCUT2D eigenvalue weighted by molar-refractivity contribution is -0.128. The van der Waals surface area contributed by atoms with Crippen LogP contribution in [0.3, 0.4) is 0 Å². The van der Waals surface area contributed by atoms with Crippen molar-refractivity contribution < 1.29 is 14.0 Å². The largest absolute Gasteiger partial charge is 0.322 e. The summed E-state index contributed by atoms with van der Waals surface area (Å²) in [6.07, 6.45) is 3.03. The monoisotopic (exact) mass is 432 g/mol. The number of aryl methyl sites for hydroxylation is 1. The smallest absolute Gasteiger partial charge is 0.272 e. The molecule has 2 aromatic carbocycles. The van der Waals surface area contributed by atoms with Crippen LogP contribution in [0, 0.1) is 12.7 Å². The number of hydrogen-bond donors (Lipinski definition) is 2. The van der Waals surface area contributed by atoms with Gasteiger partial charge in [0.25, 0.3) is 11.5 Å². The second-order valence-corrected chi connectivity index (χ2v) is 7.68. The molecule has 0 saturated carbocycles. The van der Waals surface area contributed by atoms with Crippen LogP contribution in [-0.2, 0) is 9.59 Å². The molecule has 1 aliphatic rings. The molecule has 1 aromatic heterocycles. The van der Waals surface area contributed by atoms with Gasteiger partial charge in [0.2, 0.25) is 5.91 Å².